The standard InChI is InChI=1S/C16H18FN3O/c17-15-3-1-2-13(9-15)8-14-11-20(6-7-21-12-14)16-10-18-4-5-19-16/h1-5,9-10,14H,6-8,11-12H2. The fraction of sp³-hybridized carbons (Fsp3) is 0.375. The van der Waals surface area contributed by atoms with Crippen molar-refractivity contribution in [2.45, 2.75) is 6.42 Å². The van der Waals surface area contributed by atoms with Gasteiger partial charge in [-0.3, -0.25) is 4.98 Å². The number of halogens is 1. The number of anilines is 1. The number of aromatic nitrogens is 2. The van der Waals surface area contributed by atoms with Crippen molar-refractivity contribution in [2.24, 2.45) is 5.92 Å². The molecule has 0 radical (unpaired) electrons. The summed E-state index contributed by atoms with van der Waals surface area (Å²) in [6, 6.07) is 6.78. The highest BCUT2D eigenvalue weighted by atomic mass is 19.1. The molecule has 0 bridgehead atoms. The van der Waals surface area contributed by atoms with Crippen LogP contribution in [-0.4, -0.2) is 36.3 Å². The van der Waals surface area contributed by atoms with Crippen molar-refractivity contribution in [1.29, 1.82) is 0 Å². The van der Waals surface area contributed by atoms with Gasteiger partial charge < -0.3 is 9.64 Å². The van der Waals surface area contributed by atoms with Gasteiger partial charge in [-0.1, -0.05) is 12.1 Å². The van der Waals surface area contributed by atoms with E-state index in [0.717, 1.165) is 30.9 Å². The molecule has 21 heavy (non-hydrogen) atoms. The minimum atomic E-state index is -0.187. The number of hydrogen-bond donors (Lipinski definition) is 0. The van der Waals surface area contributed by atoms with Crippen LogP contribution in [0.2, 0.25) is 0 Å². The van der Waals surface area contributed by atoms with Gasteiger partial charge in [-0.25, -0.2) is 9.37 Å². The van der Waals surface area contributed by atoms with Gasteiger partial charge in [0, 0.05) is 31.4 Å². The first-order valence-electron chi connectivity index (χ1n) is 7.14. The van der Waals surface area contributed by atoms with Crippen molar-refractivity contribution in [3.63, 3.8) is 0 Å². The van der Waals surface area contributed by atoms with Crippen molar-refractivity contribution >= 4 is 5.82 Å². The van der Waals surface area contributed by atoms with E-state index >= 15 is 0 Å². The van der Waals surface area contributed by atoms with E-state index in [2.05, 4.69) is 14.9 Å². The molecule has 110 valence electrons. The predicted octanol–water partition coefficient (Wildman–Crippen LogP) is 2.31. The van der Waals surface area contributed by atoms with Crippen molar-refractivity contribution in [1.82, 2.24) is 9.97 Å². The quantitative estimate of drug-likeness (QED) is 0.868. The Bertz CT molecular complexity index is 579. The second kappa shape index (κ2) is 6.63. The molecule has 1 saturated heterocycles. The number of benzene rings is 1. The van der Waals surface area contributed by atoms with Gasteiger partial charge in [-0.15, -0.1) is 0 Å². The fourth-order valence-electron chi connectivity index (χ4n) is 2.66. The summed E-state index contributed by atoms with van der Waals surface area (Å²) in [6.45, 7) is 3.01. The van der Waals surface area contributed by atoms with Gasteiger partial charge in [-0.05, 0) is 24.1 Å². The zero-order valence-corrected chi connectivity index (χ0v) is 11.8. The summed E-state index contributed by atoms with van der Waals surface area (Å²) < 4.78 is 19.0. The van der Waals surface area contributed by atoms with E-state index in [1.807, 2.05) is 6.07 Å². The lowest BCUT2D eigenvalue weighted by Gasteiger charge is -2.24. The van der Waals surface area contributed by atoms with Gasteiger partial charge >= 0.3 is 0 Å². The first kappa shape index (κ1) is 13.9. The molecule has 2 aromatic rings. The third-order valence-corrected chi connectivity index (χ3v) is 3.62. The minimum absolute atomic E-state index is 0.187. The summed E-state index contributed by atoms with van der Waals surface area (Å²) in [7, 11) is 0. The van der Waals surface area contributed by atoms with E-state index in [4.69, 9.17) is 4.74 Å². The van der Waals surface area contributed by atoms with Crippen LogP contribution < -0.4 is 4.90 Å². The second-order valence-corrected chi connectivity index (χ2v) is 5.28. The molecule has 4 nitrogen and oxygen atoms in total. The van der Waals surface area contributed by atoms with Crippen LogP contribution in [0.25, 0.3) is 0 Å². The molecule has 0 N–H and O–H groups in total. The molecule has 5 heteroatoms. The first-order valence-corrected chi connectivity index (χ1v) is 7.14. The van der Waals surface area contributed by atoms with Crippen molar-refractivity contribution in [3.05, 3.63) is 54.2 Å². The topological polar surface area (TPSA) is 38.2 Å². The highest BCUT2D eigenvalue weighted by Crippen LogP contribution is 2.18. The zero-order valence-electron chi connectivity index (χ0n) is 11.8. The molecular formula is C16H18FN3O. The Labute approximate surface area is 123 Å². The van der Waals surface area contributed by atoms with E-state index in [-0.39, 0.29) is 5.82 Å². The van der Waals surface area contributed by atoms with Crippen LogP contribution in [0.1, 0.15) is 5.56 Å². The lowest BCUT2D eigenvalue weighted by atomic mass is 9.99. The summed E-state index contributed by atoms with van der Waals surface area (Å²) >= 11 is 0. The van der Waals surface area contributed by atoms with Crippen molar-refractivity contribution < 1.29 is 9.13 Å². The van der Waals surface area contributed by atoms with E-state index < -0.39 is 0 Å². The predicted molar refractivity (Wildman–Crippen MR) is 78.7 cm³/mol. The van der Waals surface area contributed by atoms with E-state index in [1.165, 1.54) is 6.07 Å². The number of hydrogen-bond acceptors (Lipinski definition) is 4. The summed E-state index contributed by atoms with van der Waals surface area (Å²) in [4.78, 5) is 10.6. The minimum Gasteiger partial charge on any atom is -0.379 e. The molecule has 1 aliphatic heterocycles. The van der Waals surface area contributed by atoms with Crippen LogP contribution in [0, 0.1) is 11.7 Å². The number of rotatable bonds is 3. The Morgan fingerprint density at radius 1 is 1.33 bits per heavy atom. The molecule has 1 unspecified atom stereocenters. The molecule has 1 fully saturated rings. The van der Waals surface area contributed by atoms with Gasteiger partial charge in [0.05, 0.1) is 19.4 Å². The summed E-state index contributed by atoms with van der Waals surface area (Å²) in [5.74, 6) is 0.997. The van der Waals surface area contributed by atoms with Gasteiger partial charge in [-0.2, -0.15) is 0 Å². The molecule has 3 rings (SSSR count). The Hall–Kier alpha value is -2.01. The Morgan fingerprint density at radius 3 is 3.10 bits per heavy atom. The lowest BCUT2D eigenvalue weighted by Crippen LogP contribution is -2.31. The molecule has 1 aliphatic rings. The molecule has 0 saturated carbocycles. The smallest absolute Gasteiger partial charge is 0.147 e. The maximum absolute atomic E-state index is 13.3. The average Bonchev–Trinajstić information content (AvgIpc) is 2.74. The summed E-state index contributed by atoms with van der Waals surface area (Å²) in [5.41, 5.74) is 1.00. The van der Waals surface area contributed by atoms with Crippen LogP contribution in [0.4, 0.5) is 10.2 Å². The maximum atomic E-state index is 13.3. The van der Waals surface area contributed by atoms with Crippen LogP contribution in [-0.2, 0) is 11.2 Å². The molecule has 1 atom stereocenters. The molecule has 2 heterocycles. The monoisotopic (exact) mass is 287 g/mol. The van der Waals surface area contributed by atoms with Gasteiger partial charge in [0.2, 0.25) is 0 Å². The average molecular weight is 287 g/mol. The number of nitrogens with zero attached hydrogens (tertiary/aromatic N) is 3. The van der Waals surface area contributed by atoms with Crippen molar-refractivity contribution in [2.75, 3.05) is 31.2 Å². The third-order valence-electron chi connectivity index (χ3n) is 3.62. The maximum Gasteiger partial charge on any atom is 0.147 e. The molecule has 1 aromatic carbocycles. The first-order chi connectivity index (χ1) is 10.3. The van der Waals surface area contributed by atoms with Gasteiger partial charge in [0.25, 0.3) is 0 Å². The zero-order chi connectivity index (χ0) is 14.5. The highest BCUT2D eigenvalue weighted by Gasteiger charge is 2.20. The van der Waals surface area contributed by atoms with Gasteiger partial charge in [0.1, 0.15) is 11.6 Å². The third kappa shape index (κ3) is 3.76. The van der Waals surface area contributed by atoms with Gasteiger partial charge in [0.15, 0.2) is 0 Å². The SMILES string of the molecule is Fc1cccc(CC2COCCN(c3cnccn3)C2)c1. The summed E-state index contributed by atoms with van der Waals surface area (Å²) in [6.07, 6.45) is 5.93. The molecule has 0 amide bonds. The van der Waals surface area contributed by atoms with Crippen LogP contribution in [0.5, 0.6) is 0 Å². The second-order valence-electron chi connectivity index (χ2n) is 5.28. The molecule has 0 spiro atoms. The lowest BCUT2D eigenvalue weighted by molar-refractivity contribution is 0.123. The fourth-order valence-corrected chi connectivity index (χ4v) is 2.66. The van der Waals surface area contributed by atoms with Crippen LogP contribution in [0.15, 0.2) is 42.9 Å². The summed E-state index contributed by atoms with van der Waals surface area (Å²) in [5, 5.41) is 0. The Kier molecular flexibility index (Phi) is 4.40. The van der Waals surface area contributed by atoms with E-state index in [1.54, 1.807) is 30.7 Å². The van der Waals surface area contributed by atoms with E-state index in [9.17, 15) is 4.39 Å². The Balaban J connectivity index is 1.70. The highest BCUT2D eigenvalue weighted by molar-refractivity contribution is 5.35. The largest absolute Gasteiger partial charge is 0.379 e. The van der Waals surface area contributed by atoms with Crippen LogP contribution >= 0.6 is 0 Å². The normalized spacial score (nSPS) is 19.3. The van der Waals surface area contributed by atoms with E-state index in [0.29, 0.717) is 19.1 Å². The van der Waals surface area contributed by atoms with Crippen molar-refractivity contribution in [3.8, 4) is 0 Å². The van der Waals surface area contributed by atoms with Crippen LogP contribution in [0.3, 0.4) is 0 Å². The Morgan fingerprint density at radius 2 is 2.29 bits per heavy atom. The number of ether oxygens (including phenoxy) is 1. The molecule has 1 aromatic heterocycles. The molecule has 0 aliphatic carbocycles. The molecular weight excluding hydrogens is 269 g/mol.